The summed E-state index contributed by atoms with van der Waals surface area (Å²) in [6.45, 7) is 13.4. The summed E-state index contributed by atoms with van der Waals surface area (Å²) in [7, 11) is 0. The Morgan fingerprint density at radius 3 is 2.33 bits per heavy atom. The summed E-state index contributed by atoms with van der Waals surface area (Å²) in [6, 6.07) is 3.73. The van der Waals surface area contributed by atoms with Crippen LogP contribution in [0.4, 0.5) is 4.79 Å². The Labute approximate surface area is 180 Å². The molecule has 0 spiro atoms. The number of amides is 1. The van der Waals surface area contributed by atoms with Gasteiger partial charge in [0.05, 0.1) is 11.8 Å². The highest BCUT2D eigenvalue weighted by Gasteiger charge is 2.30. The molecule has 0 aliphatic heterocycles. The number of nitrogens with one attached hydrogen (secondary N) is 3. The highest BCUT2D eigenvalue weighted by molar-refractivity contribution is 14.0. The van der Waals surface area contributed by atoms with Gasteiger partial charge in [-0.2, -0.15) is 0 Å². The SMILES string of the molecule is CCNC(=NCc1ccco1)NCC(CC)(CC)NC(=O)OC(C)(C)C.I. The van der Waals surface area contributed by atoms with Crippen molar-refractivity contribution in [1.29, 1.82) is 0 Å². The molecule has 7 nitrogen and oxygen atoms in total. The minimum Gasteiger partial charge on any atom is -0.467 e. The summed E-state index contributed by atoms with van der Waals surface area (Å²) < 4.78 is 10.7. The first-order chi connectivity index (χ1) is 12.2. The first-order valence-corrected chi connectivity index (χ1v) is 9.29. The smallest absolute Gasteiger partial charge is 0.408 e. The van der Waals surface area contributed by atoms with Crippen LogP contribution in [-0.2, 0) is 11.3 Å². The van der Waals surface area contributed by atoms with Gasteiger partial charge in [0.2, 0.25) is 0 Å². The van der Waals surface area contributed by atoms with Gasteiger partial charge in [-0.1, -0.05) is 13.8 Å². The van der Waals surface area contributed by atoms with Crippen LogP contribution in [0.3, 0.4) is 0 Å². The number of guanidine groups is 1. The second-order valence-electron chi connectivity index (χ2n) is 7.24. The highest BCUT2D eigenvalue weighted by Crippen LogP contribution is 2.16. The molecule has 0 saturated heterocycles. The molecule has 0 fully saturated rings. The molecular weight excluding hydrogens is 459 g/mol. The van der Waals surface area contributed by atoms with Crippen LogP contribution in [-0.4, -0.2) is 36.3 Å². The van der Waals surface area contributed by atoms with Gasteiger partial charge in [0, 0.05) is 13.1 Å². The van der Waals surface area contributed by atoms with E-state index in [1.54, 1.807) is 6.26 Å². The second kappa shape index (κ2) is 12.1. The Hall–Kier alpha value is -1.45. The maximum atomic E-state index is 12.2. The fraction of sp³-hybridized carbons (Fsp3) is 0.684. The summed E-state index contributed by atoms with van der Waals surface area (Å²) in [5.41, 5.74) is -0.937. The van der Waals surface area contributed by atoms with E-state index < -0.39 is 17.2 Å². The van der Waals surface area contributed by atoms with E-state index in [0.717, 1.165) is 25.1 Å². The van der Waals surface area contributed by atoms with Gasteiger partial charge in [0.15, 0.2) is 5.96 Å². The molecule has 0 aliphatic rings. The Morgan fingerprint density at radius 2 is 1.85 bits per heavy atom. The van der Waals surface area contributed by atoms with Crippen LogP contribution in [0.25, 0.3) is 0 Å². The lowest BCUT2D eigenvalue weighted by molar-refractivity contribution is 0.0448. The number of hydrogen-bond acceptors (Lipinski definition) is 4. The minimum atomic E-state index is -0.524. The third kappa shape index (κ3) is 9.88. The lowest BCUT2D eigenvalue weighted by Gasteiger charge is -2.34. The largest absolute Gasteiger partial charge is 0.467 e. The molecule has 0 aromatic carbocycles. The zero-order valence-electron chi connectivity index (χ0n) is 17.3. The fourth-order valence-electron chi connectivity index (χ4n) is 2.40. The predicted octanol–water partition coefficient (Wildman–Crippen LogP) is 4.04. The van der Waals surface area contributed by atoms with Crippen LogP contribution in [0, 0.1) is 0 Å². The third-order valence-electron chi connectivity index (χ3n) is 4.03. The first-order valence-electron chi connectivity index (χ1n) is 9.29. The van der Waals surface area contributed by atoms with Crippen LogP contribution in [0.1, 0.15) is 60.1 Å². The van der Waals surface area contributed by atoms with E-state index in [1.165, 1.54) is 0 Å². The zero-order chi connectivity index (χ0) is 19.6. The van der Waals surface area contributed by atoms with E-state index >= 15 is 0 Å². The molecular formula is C19H35IN4O3. The van der Waals surface area contributed by atoms with Gasteiger partial charge in [-0.15, -0.1) is 24.0 Å². The monoisotopic (exact) mass is 494 g/mol. The number of halogens is 1. The van der Waals surface area contributed by atoms with Crippen LogP contribution >= 0.6 is 24.0 Å². The van der Waals surface area contributed by atoms with Crippen LogP contribution in [0.2, 0.25) is 0 Å². The topological polar surface area (TPSA) is 87.9 Å². The Bertz CT molecular complexity index is 564. The van der Waals surface area contributed by atoms with Gasteiger partial charge in [0.25, 0.3) is 0 Å². The van der Waals surface area contributed by atoms with Crippen molar-refractivity contribution in [2.75, 3.05) is 13.1 Å². The average Bonchev–Trinajstić information content (AvgIpc) is 3.08. The van der Waals surface area contributed by atoms with E-state index in [1.807, 2.05) is 39.8 Å². The van der Waals surface area contributed by atoms with Gasteiger partial charge < -0.3 is 25.1 Å². The quantitative estimate of drug-likeness (QED) is 0.289. The van der Waals surface area contributed by atoms with E-state index in [9.17, 15) is 4.79 Å². The second-order valence-corrected chi connectivity index (χ2v) is 7.24. The third-order valence-corrected chi connectivity index (χ3v) is 4.03. The fourth-order valence-corrected chi connectivity index (χ4v) is 2.40. The van der Waals surface area contributed by atoms with Crippen molar-refractivity contribution in [3.8, 4) is 0 Å². The van der Waals surface area contributed by atoms with Crippen molar-refractivity contribution in [3.05, 3.63) is 24.2 Å². The maximum absolute atomic E-state index is 12.2. The molecule has 27 heavy (non-hydrogen) atoms. The number of rotatable bonds is 8. The number of furan rings is 1. The van der Waals surface area contributed by atoms with Crippen molar-refractivity contribution in [2.45, 2.75) is 72.1 Å². The molecule has 156 valence electrons. The van der Waals surface area contributed by atoms with Crippen LogP contribution in [0.15, 0.2) is 27.8 Å². The van der Waals surface area contributed by atoms with E-state index in [2.05, 4.69) is 34.8 Å². The number of ether oxygens (including phenoxy) is 1. The molecule has 0 radical (unpaired) electrons. The molecule has 1 amide bonds. The molecule has 1 aromatic heterocycles. The highest BCUT2D eigenvalue weighted by atomic mass is 127. The van der Waals surface area contributed by atoms with Gasteiger partial charge in [0.1, 0.15) is 17.9 Å². The molecule has 1 rings (SSSR count). The number of hydrogen-bond donors (Lipinski definition) is 3. The van der Waals surface area contributed by atoms with E-state index in [-0.39, 0.29) is 24.0 Å². The number of nitrogens with zero attached hydrogens (tertiary/aromatic N) is 1. The predicted molar refractivity (Wildman–Crippen MR) is 120 cm³/mol. The molecule has 0 saturated carbocycles. The maximum Gasteiger partial charge on any atom is 0.408 e. The van der Waals surface area contributed by atoms with Crippen molar-refractivity contribution in [1.82, 2.24) is 16.0 Å². The van der Waals surface area contributed by atoms with Gasteiger partial charge >= 0.3 is 6.09 Å². The van der Waals surface area contributed by atoms with Gasteiger partial charge in [-0.25, -0.2) is 9.79 Å². The zero-order valence-corrected chi connectivity index (χ0v) is 19.7. The summed E-state index contributed by atoms with van der Waals surface area (Å²) in [6.07, 6.45) is 2.77. The molecule has 8 heteroatoms. The number of alkyl carbamates (subject to hydrolysis) is 1. The minimum absolute atomic E-state index is 0. The van der Waals surface area contributed by atoms with Crippen molar-refractivity contribution < 1.29 is 13.9 Å². The normalized spacial score (nSPS) is 12.1. The molecule has 0 aliphatic carbocycles. The lowest BCUT2D eigenvalue weighted by atomic mass is 9.93. The van der Waals surface area contributed by atoms with Gasteiger partial charge in [-0.05, 0) is 52.7 Å². The van der Waals surface area contributed by atoms with Crippen LogP contribution < -0.4 is 16.0 Å². The van der Waals surface area contributed by atoms with E-state index in [4.69, 9.17) is 9.15 Å². The first kappa shape index (κ1) is 25.6. The molecule has 0 unspecified atom stereocenters. The summed E-state index contributed by atoms with van der Waals surface area (Å²) >= 11 is 0. The molecule has 0 atom stereocenters. The molecule has 1 heterocycles. The van der Waals surface area contributed by atoms with Crippen LogP contribution in [0.5, 0.6) is 0 Å². The number of carbonyl (C=O) groups is 1. The molecule has 3 N–H and O–H groups in total. The molecule has 0 bridgehead atoms. The molecule has 1 aromatic rings. The lowest BCUT2D eigenvalue weighted by Crippen LogP contribution is -2.57. The van der Waals surface area contributed by atoms with E-state index in [0.29, 0.717) is 19.0 Å². The van der Waals surface area contributed by atoms with Gasteiger partial charge in [-0.3, -0.25) is 0 Å². The Morgan fingerprint density at radius 1 is 1.19 bits per heavy atom. The Balaban J connectivity index is 0.00000676. The van der Waals surface area contributed by atoms with Crippen molar-refractivity contribution in [2.24, 2.45) is 4.99 Å². The summed E-state index contributed by atoms with van der Waals surface area (Å²) in [5, 5.41) is 9.56. The summed E-state index contributed by atoms with van der Waals surface area (Å²) in [5.74, 6) is 1.48. The number of carbonyl (C=O) groups excluding carboxylic acids is 1. The average molecular weight is 494 g/mol. The van der Waals surface area contributed by atoms with Crippen molar-refractivity contribution >= 4 is 36.0 Å². The standard InChI is InChI=1S/C19H34N4O3.HI/c1-7-19(8-2,23-17(24)26-18(4,5)6)14-22-16(20-9-3)21-13-15-11-10-12-25-15;/h10-12H,7-9,13-14H2,1-6H3,(H,23,24)(H2,20,21,22);1H. The Kier molecular flexibility index (Phi) is 11.4. The van der Waals surface area contributed by atoms with Crippen molar-refractivity contribution in [3.63, 3.8) is 0 Å². The summed E-state index contributed by atoms with van der Waals surface area (Å²) in [4.78, 5) is 16.7. The number of aliphatic imine (C=N–C) groups is 1.